The third-order valence-electron chi connectivity index (χ3n) is 4.45. The molecule has 0 aliphatic carbocycles. The summed E-state index contributed by atoms with van der Waals surface area (Å²) in [6.45, 7) is 9.23. The van der Waals surface area contributed by atoms with Gasteiger partial charge in [0.2, 0.25) is 0 Å². The molecule has 0 radical (unpaired) electrons. The van der Waals surface area contributed by atoms with E-state index in [2.05, 4.69) is 0 Å². The quantitative estimate of drug-likeness (QED) is 0.719. The highest BCUT2D eigenvalue weighted by Crippen LogP contribution is 2.39. The Morgan fingerprint density at radius 3 is 2.58 bits per heavy atom. The molecule has 0 bridgehead atoms. The molecule has 26 heavy (non-hydrogen) atoms. The number of carbonyl (C=O) groups excluding carboxylic acids is 1. The van der Waals surface area contributed by atoms with Gasteiger partial charge in [0, 0.05) is 13.7 Å². The summed E-state index contributed by atoms with van der Waals surface area (Å²) in [6.07, 6.45) is 0.329. The number of amides is 1. The number of rotatable bonds is 6. The molecule has 1 aliphatic rings. The molecule has 1 saturated heterocycles. The lowest BCUT2D eigenvalue weighted by atomic mass is 9.96. The highest BCUT2D eigenvalue weighted by atomic mass is 16.6. The number of likely N-dealkylation sites (tertiary alicyclic amines) is 1. The van der Waals surface area contributed by atoms with E-state index < -0.39 is 5.60 Å². The molecule has 0 spiro atoms. The van der Waals surface area contributed by atoms with Crippen LogP contribution in [0.2, 0.25) is 0 Å². The fourth-order valence-electron chi connectivity index (χ4n) is 3.29. The molecule has 1 fully saturated rings. The maximum Gasteiger partial charge on any atom is 0.410 e. The maximum absolute atomic E-state index is 12.8. The molecular weight excluding hydrogens is 334 g/mol. The Balaban J connectivity index is 2.32. The topological polar surface area (TPSA) is 57.2 Å². The first-order valence-electron chi connectivity index (χ1n) is 9.02. The summed E-state index contributed by atoms with van der Waals surface area (Å²) in [6, 6.07) is 5.68. The van der Waals surface area contributed by atoms with E-state index in [1.807, 2.05) is 45.9 Å². The van der Waals surface area contributed by atoms with E-state index in [9.17, 15) is 4.79 Å². The summed E-state index contributed by atoms with van der Waals surface area (Å²) in [5.41, 5.74) is 1.49. The molecule has 2 rings (SSSR count). The number of methoxy groups -OCH3 is 2. The minimum atomic E-state index is -0.542. The number of hydrogen-bond donors (Lipinski definition) is 0. The van der Waals surface area contributed by atoms with E-state index in [1.165, 1.54) is 0 Å². The van der Waals surface area contributed by atoms with Crippen LogP contribution in [-0.4, -0.2) is 56.7 Å². The van der Waals surface area contributed by atoms with Crippen molar-refractivity contribution in [3.63, 3.8) is 0 Å². The van der Waals surface area contributed by atoms with Gasteiger partial charge >= 0.3 is 6.09 Å². The predicted molar refractivity (Wildman–Crippen MR) is 99.6 cm³/mol. The lowest BCUT2D eigenvalue weighted by molar-refractivity contribution is -0.0127. The number of carbonyl (C=O) groups is 1. The number of benzene rings is 1. The van der Waals surface area contributed by atoms with Gasteiger partial charge in [-0.05, 0) is 51.3 Å². The molecule has 1 aromatic rings. The van der Waals surface area contributed by atoms with Crippen LogP contribution in [0.15, 0.2) is 18.2 Å². The molecule has 0 N–H and O–H groups in total. The van der Waals surface area contributed by atoms with Gasteiger partial charge in [0.1, 0.15) is 11.4 Å². The van der Waals surface area contributed by atoms with Crippen molar-refractivity contribution in [3.05, 3.63) is 29.3 Å². The van der Waals surface area contributed by atoms with Crippen molar-refractivity contribution in [2.24, 2.45) is 0 Å². The average molecular weight is 365 g/mol. The highest BCUT2D eigenvalue weighted by molar-refractivity contribution is 5.69. The van der Waals surface area contributed by atoms with Crippen LogP contribution in [-0.2, 0) is 14.2 Å². The Bertz CT molecular complexity index is 611. The normalized spacial score (nSPS) is 20.3. The first kappa shape index (κ1) is 20.5. The van der Waals surface area contributed by atoms with E-state index in [0.29, 0.717) is 19.8 Å². The third-order valence-corrected chi connectivity index (χ3v) is 4.45. The first-order valence-corrected chi connectivity index (χ1v) is 9.02. The lowest BCUT2D eigenvalue weighted by Crippen LogP contribution is -2.38. The lowest BCUT2D eigenvalue weighted by Gasteiger charge is -2.32. The zero-order valence-electron chi connectivity index (χ0n) is 16.7. The van der Waals surface area contributed by atoms with Gasteiger partial charge in [0.05, 0.1) is 32.5 Å². The molecule has 6 heteroatoms. The summed E-state index contributed by atoms with van der Waals surface area (Å²) in [4.78, 5) is 14.5. The van der Waals surface area contributed by atoms with Crippen LogP contribution >= 0.6 is 0 Å². The number of hydrogen-bond acceptors (Lipinski definition) is 5. The van der Waals surface area contributed by atoms with Crippen molar-refractivity contribution in [1.82, 2.24) is 4.90 Å². The van der Waals surface area contributed by atoms with Crippen molar-refractivity contribution in [2.75, 3.05) is 34.0 Å². The van der Waals surface area contributed by atoms with E-state index in [1.54, 1.807) is 19.1 Å². The van der Waals surface area contributed by atoms with Crippen molar-refractivity contribution >= 4 is 6.09 Å². The molecule has 146 valence electrons. The van der Waals surface area contributed by atoms with Crippen LogP contribution < -0.4 is 4.74 Å². The van der Waals surface area contributed by atoms with Gasteiger partial charge in [0.15, 0.2) is 0 Å². The fraction of sp³-hybridized carbons (Fsp3) is 0.650. The second-order valence-corrected chi connectivity index (χ2v) is 7.48. The molecule has 1 aromatic carbocycles. The largest absolute Gasteiger partial charge is 0.496 e. The minimum Gasteiger partial charge on any atom is -0.496 e. The van der Waals surface area contributed by atoms with Crippen LogP contribution in [0.4, 0.5) is 4.79 Å². The maximum atomic E-state index is 12.8. The number of ether oxygens (including phenoxy) is 4. The third kappa shape index (κ3) is 4.89. The van der Waals surface area contributed by atoms with Crippen LogP contribution in [0.25, 0.3) is 0 Å². The zero-order valence-corrected chi connectivity index (χ0v) is 16.7. The molecule has 1 amide bonds. The van der Waals surface area contributed by atoms with E-state index in [-0.39, 0.29) is 18.2 Å². The van der Waals surface area contributed by atoms with E-state index in [0.717, 1.165) is 23.3 Å². The van der Waals surface area contributed by atoms with Gasteiger partial charge in [-0.1, -0.05) is 12.1 Å². The van der Waals surface area contributed by atoms with Gasteiger partial charge in [-0.15, -0.1) is 0 Å². The molecule has 2 atom stereocenters. The van der Waals surface area contributed by atoms with Crippen molar-refractivity contribution in [1.29, 1.82) is 0 Å². The zero-order chi connectivity index (χ0) is 19.3. The van der Waals surface area contributed by atoms with Gasteiger partial charge < -0.3 is 18.9 Å². The van der Waals surface area contributed by atoms with E-state index in [4.69, 9.17) is 18.9 Å². The van der Waals surface area contributed by atoms with Crippen LogP contribution in [0, 0.1) is 6.92 Å². The molecular formula is C20H31NO5. The minimum absolute atomic E-state index is 0.108. The number of nitrogens with zero attached hydrogens (tertiary/aromatic N) is 1. The van der Waals surface area contributed by atoms with Crippen LogP contribution in [0.5, 0.6) is 5.75 Å². The Labute approximate surface area is 156 Å². The summed E-state index contributed by atoms with van der Waals surface area (Å²) < 4.78 is 22.2. The summed E-state index contributed by atoms with van der Waals surface area (Å²) in [5.74, 6) is 0.800. The van der Waals surface area contributed by atoms with Gasteiger partial charge in [0.25, 0.3) is 0 Å². The molecule has 6 nitrogen and oxygen atoms in total. The van der Waals surface area contributed by atoms with Crippen molar-refractivity contribution in [2.45, 2.75) is 51.9 Å². The van der Waals surface area contributed by atoms with Gasteiger partial charge in [-0.25, -0.2) is 4.79 Å². The fourth-order valence-corrected chi connectivity index (χ4v) is 3.29. The summed E-state index contributed by atoms with van der Waals surface area (Å²) in [7, 11) is 3.30. The SMILES string of the molecule is COCCO[C@@H]1CCN(C(=O)OC(C)(C)C)[C@@H]1c1cccc(OC)c1C. The Morgan fingerprint density at radius 2 is 1.96 bits per heavy atom. The first-order chi connectivity index (χ1) is 12.3. The van der Waals surface area contributed by atoms with Gasteiger partial charge in [-0.3, -0.25) is 4.90 Å². The predicted octanol–water partition coefficient (Wildman–Crippen LogP) is 3.72. The average Bonchev–Trinajstić information content (AvgIpc) is 2.98. The van der Waals surface area contributed by atoms with Crippen LogP contribution in [0.3, 0.4) is 0 Å². The monoisotopic (exact) mass is 365 g/mol. The second kappa shape index (κ2) is 8.73. The molecule has 0 aromatic heterocycles. The van der Waals surface area contributed by atoms with E-state index >= 15 is 0 Å². The molecule has 1 heterocycles. The molecule has 0 unspecified atom stereocenters. The Kier molecular flexibility index (Phi) is 6.89. The van der Waals surface area contributed by atoms with Crippen LogP contribution in [0.1, 0.15) is 44.4 Å². The molecule has 0 saturated carbocycles. The summed E-state index contributed by atoms with van der Waals surface area (Å²) in [5, 5.41) is 0. The Morgan fingerprint density at radius 1 is 1.23 bits per heavy atom. The standard InChI is InChI=1S/C20H31NO5/c1-14-15(8-7-9-16(14)24-6)18-17(25-13-12-23-5)10-11-21(18)19(22)26-20(2,3)4/h7-9,17-18H,10-13H2,1-6H3/t17-,18-/m1/s1. The molecule has 1 aliphatic heterocycles. The highest BCUT2D eigenvalue weighted by Gasteiger charge is 2.41. The Hall–Kier alpha value is -1.79. The van der Waals surface area contributed by atoms with Crippen molar-refractivity contribution < 1.29 is 23.7 Å². The van der Waals surface area contributed by atoms with Gasteiger partial charge in [-0.2, -0.15) is 0 Å². The summed E-state index contributed by atoms with van der Waals surface area (Å²) >= 11 is 0. The van der Waals surface area contributed by atoms with Crippen molar-refractivity contribution in [3.8, 4) is 5.75 Å². The second-order valence-electron chi connectivity index (χ2n) is 7.48. The smallest absolute Gasteiger partial charge is 0.410 e.